The second-order valence-electron chi connectivity index (χ2n) is 3.41. The van der Waals surface area contributed by atoms with Crippen molar-refractivity contribution in [1.29, 1.82) is 5.26 Å². The molecule has 2 aromatic rings. The summed E-state index contributed by atoms with van der Waals surface area (Å²) in [5.41, 5.74) is 2.39. The van der Waals surface area contributed by atoms with E-state index >= 15 is 0 Å². The van der Waals surface area contributed by atoms with Crippen LogP contribution in [0.4, 0.5) is 4.39 Å². The van der Waals surface area contributed by atoms with Crippen molar-refractivity contribution < 1.29 is 4.39 Å². The van der Waals surface area contributed by atoms with Gasteiger partial charge in [-0.3, -0.25) is 4.98 Å². The lowest BCUT2D eigenvalue weighted by Crippen LogP contribution is -1.87. The fourth-order valence-electron chi connectivity index (χ4n) is 1.53. The van der Waals surface area contributed by atoms with Crippen molar-refractivity contribution in [3.63, 3.8) is 0 Å². The molecular formula is C14H9FN2. The summed E-state index contributed by atoms with van der Waals surface area (Å²) in [6.45, 7) is 0. The number of nitriles is 1. The first-order valence-electron chi connectivity index (χ1n) is 5.08. The van der Waals surface area contributed by atoms with Gasteiger partial charge in [0.05, 0.1) is 11.8 Å². The number of hydrogen-bond acceptors (Lipinski definition) is 2. The molecule has 0 saturated carbocycles. The lowest BCUT2D eigenvalue weighted by molar-refractivity contribution is 0.628. The van der Waals surface area contributed by atoms with Gasteiger partial charge in [-0.2, -0.15) is 5.26 Å². The molecule has 0 fully saturated rings. The third-order valence-electron chi connectivity index (χ3n) is 2.29. The average molecular weight is 224 g/mol. The Balaban J connectivity index is 2.48. The third kappa shape index (κ3) is 2.56. The van der Waals surface area contributed by atoms with Gasteiger partial charge in [-0.05, 0) is 36.4 Å². The van der Waals surface area contributed by atoms with Crippen molar-refractivity contribution in [2.75, 3.05) is 0 Å². The highest BCUT2D eigenvalue weighted by atomic mass is 19.1. The summed E-state index contributed by atoms with van der Waals surface area (Å²) in [4.78, 5) is 4.25. The zero-order valence-corrected chi connectivity index (χ0v) is 8.97. The maximum atomic E-state index is 12.8. The minimum Gasteiger partial charge on any atom is -0.256 e. The van der Waals surface area contributed by atoms with Gasteiger partial charge >= 0.3 is 0 Å². The van der Waals surface area contributed by atoms with Crippen LogP contribution in [-0.4, -0.2) is 4.98 Å². The average Bonchev–Trinajstić information content (AvgIpc) is 2.38. The fraction of sp³-hybridized carbons (Fsp3) is 0. The Morgan fingerprint density at radius 3 is 2.65 bits per heavy atom. The molecule has 0 spiro atoms. The second-order valence-corrected chi connectivity index (χ2v) is 3.41. The molecule has 2 nitrogen and oxygen atoms in total. The zero-order valence-electron chi connectivity index (χ0n) is 8.97. The number of nitrogens with zero attached hydrogens (tertiary/aromatic N) is 2. The van der Waals surface area contributed by atoms with Crippen LogP contribution in [0.3, 0.4) is 0 Å². The van der Waals surface area contributed by atoms with Crippen LogP contribution in [0, 0.1) is 17.1 Å². The van der Waals surface area contributed by atoms with Crippen molar-refractivity contribution in [2.24, 2.45) is 0 Å². The third-order valence-corrected chi connectivity index (χ3v) is 2.29. The Kier molecular flexibility index (Phi) is 3.27. The molecule has 0 unspecified atom stereocenters. The van der Waals surface area contributed by atoms with Gasteiger partial charge in [0.25, 0.3) is 0 Å². The predicted octanol–water partition coefficient (Wildman–Crippen LogP) is 3.42. The summed E-state index contributed by atoms with van der Waals surface area (Å²) in [6.07, 6.45) is 4.75. The van der Waals surface area contributed by atoms with Gasteiger partial charge in [0.2, 0.25) is 0 Å². The summed E-state index contributed by atoms with van der Waals surface area (Å²) < 4.78 is 12.8. The van der Waals surface area contributed by atoms with Crippen LogP contribution < -0.4 is 0 Å². The van der Waals surface area contributed by atoms with E-state index < -0.39 is 0 Å². The molecule has 82 valence electrons. The monoisotopic (exact) mass is 224 g/mol. The van der Waals surface area contributed by atoms with Gasteiger partial charge in [-0.25, -0.2) is 4.39 Å². The van der Waals surface area contributed by atoms with E-state index in [4.69, 9.17) is 5.26 Å². The van der Waals surface area contributed by atoms with Crippen molar-refractivity contribution in [3.8, 4) is 17.3 Å². The summed E-state index contributed by atoms with van der Waals surface area (Å²) in [6, 6.07) is 11.7. The summed E-state index contributed by atoms with van der Waals surface area (Å²) in [7, 11) is 0. The van der Waals surface area contributed by atoms with E-state index in [1.54, 1.807) is 30.5 Å². The summed E-state index contributed by atoms with van der Waals surface area (Å²) in [5.74, 6) is -0.279. The first-order valence-corrected chi connectivity index (χ1v) is 5.08. The van der Waals surface area contributed by atoms with E-state index in [2.05, 4.69) is 4.98 Å². The highest BCUT2D eigenvalue weighted by Gasteiger charge is 2.03. The number of hydrogen-bond donors (Lipinski definition) is 0. The molecular weight excluding hydrogens is 215 g/mol. The molecule has 0 saturated heterocycles. The topological polar surface area (TPSA) is 36.7 Å². The second kappa shape index (κ2) is 5.04. The first-order chi connectivity index (χ1) is 8.31. The molecule has 0 aliphatic carbocycles. The van der Waals surface area contributed by atoms with Gasteiger partial charge in [-0.1, -0.05) is 6.07 Å². The molecule has 0 bridgehead atoms. The quantitative estimate of drug-likeness (QED) is 0.733. The molecule has 1 aromatic carbocycles. The Morgan fingerprint density at radius 1 is 1.18 bits per heavy atom. The molecule has 2 rings (SSSR count). The largest absolute Gasteiger partial charge is 0.256 e. The molecule has 0 N–H and O–H groups in total. The normalized spacial score (nSPS) is 10.4. The Bertz CT molecular complexity index is 580. The lowest BCUT2D eigenvalue weighted by atomic mass is 10.1. The van der Waals surface area contributed by atoms with E-state index in [1.165, 1.54) is 18.2 Å². The predicted molar refractivity (Wildman–Crippen MR) is 64.3 cm³/mol. The van der Waals surface area contributed by atoms with Crippen LogP contribution in [0.25, 0.3) is 17.3 Å². The van der Waals surface area contributed by atoms with Crippen LogP contribution >= 0.6 is 0 Å². The van der Waals surface area contributed by atoms with Gasteiger partial charge in [0.1, 0.15) is 5.82 Å². The Labute approximate surface area is 98.7 Å². The molecule has 0 radical (unpaired) electrons. The summed E-state index contributed by atoms with van der Waals surface area (Å²) >= 11 is 0. The molecule has 0 aliphatic rings. The molecule has 17 heavy (non-hydrogen) atoms. The van der Waals surface area contributed by atoms with E-state index in [0.29, 0.717) is 0 Å². The number of pyridine rings is 1. The SMILES string of the molecule is N#CC=Cc1cccnc1-c1ccc(F)cc1. The zero-order chi connectivity index (χ0) is 12.1. The first kappa shape index (κ1) is 11.0. The van der Waals surface area contributed by atoms with E-state index in [9.17, 15) is 4.39 Å². The molecule has 1 heterocycles. The maximum absolute atomic E-state index is 12.8. The maximum Gasteiger partial charge on any atom is 0.123 e. The number of rotatable bonds is 2. The standard InChI is InChI=1S/C14H9FN2/c15-13-7-5-12(6-8-13)14-11(3-1-9-16)4-2-10-17-14/h1-8,10H. The molecule has 0 amide bonds. The fourth-order valence-corrected chi connectivity index (χ4v) is 1.53. The van der Waals surface area contributed by atoms with Crippen molar-refractivity contribution in [3.05, 3.63) is 60.1 Å². The van der Waals surface area contributed by atoms with Crippen molar-refractivity contribution >= 4 is 6.08 Å². The van der Waals surface area contributed by atoms with Gasteiger partial charge in [-0.15, -0.1) is 0 Å². The smallest absolute Gasteiger partial charge is 0.123 e. The van der Waals surface area contributed by atoms with E-state index in [-0.39, 0.29) is 5.82 Å². The van der Waals surface area contributed by atoms with Crippen LogP contribution in [0.5, 0.6) is 0 Å². The molecule has 1 aromatic heterocycles. The lowest BCUT2D eigenvalue weighted by Gasteiger charge is -2.04. The van der Waals surface area contributed by atoms with Gasteiger partial charge in [0.15, 0.2) is 0 Å². The molecule has 0 atom stereocenters. The molecule has 0 aliphatic heterocycles. The highest BCUT2D eigenvalue weighted by molar-refractivity contribution is 5.72. The van der Waals surface area contributed by atoms with Crippen LogP contribution in [0.15, 0.2) is 48.7 Å². The van der Waals surface area contributed by atoms with Crippen LogP contribution in [0.2, 0.25) is 0 Å². The minimum absolute atomic E-state index is 0.279. The molecule has 3 heteroatoms. The van der Waals surface area contributed by atoms with E-state index in [0.717, 1.165) is 16.8 Å². The van der Waals surface area contributed by atoms with Gasteiger partial charge < -0.3 is 0 Å². The minimum atomic E-state index is -0.279. The van der Waals surface area contributed by atoms with Crippen molar-refractivity contribution in [2.45, 2.75) is 0 Å². The van der Waals surface area contributed by atoms with Crippen LogP contribution in [-0.2, 0) is 0 Å². The summed E-state index contributed by atoms with van der Waals surface area (Å²) in [5, 5.41) is 8.52. The van der Waals surface area contributed by atoms with E-state index in [1.807, 2.05) is 12.1 Å². The number of halogens is 1. The number of allylic oxidation sites excluding steroid dienone is 1. The highest BCUT2D eigenvalue weighted by Crippen LogP contribution is 2.22. The Hall–Kier alpha value is -2.47. The Morgan fingerprint density at radius 2 is 1.94 bits per heavy atom. The van der Waals surface area contributed by atoms with Gasteiger partial charge in [0, 0.05) is 23.4 Å². The van der Waals surface area contributed by atoms with Crippen LogP contribution in [0.1, 0.15) is 5.56 Å². The van der Waals surface area contributed by atoms with Crippen molar-refractivity contribution in [1.82, 2.24) is 4.98 Å². The number of benzene rings is 1. The number of aromatic nitrogens is 1.